The molecular weight excluding hydrogens is 368 g/mol. The summed E-state index contributed by atoms with van der Waals surface area (Å²) < 4.78 is 34.4. The van der Waals surface area contributed by atoms with E-state index in [0.29, 0.717) is 28.2 Å². The van der Waals surface area contributed by atoms with Gasteiger partial charge in [0.2, 0.25) is 0 Å². The van der Waals surface area contributed by atoms with Crippen molar-refractivity contribution < 1.29 is 13.5 Å². The Balaban J connectivity index is 1.98. The van der Waals surface area contributed by atoms with Gasteiger partial charge in [0.15, 0.2) is 5.65 Å². The molecule has 0 saturated carbocycles. The third kappa shape index (κ3) is 3.08. The summed E-state index contributed by atoms with van der Waals surface area (Å²) in [5.74, 6) is 0.711. The number of pyridine rings is 1. The van der Waals surface area contributed by atoms with E-state index >= 15 is 0 Å². The van der Waals surface area contributed by atoms with Crippen molar-refractivity contribution in [2.45, 2.75) is 20.3 Å². The lowest BCUT2D eigenvalue weighted by Gasteiger charge is -2.08. The maximum atomic E-state index is 13.8. The van der Waals surface area contributed by atoms with Crippen molar-refractivity contribution >= 4 is 22.4 Å². The van der Waals surface area contributed by atoms with Crippen LogP contribution in [-0.2, 0) is 0 Å². The number of fused-ring (bicyclic) bond motifs is 1. The molecule has 0 amide bonds. The van der Waals surface area contributed by atoms with Gasteiger partial charge in [-0.1, -0.05) is 0 Å². The highest BCUT2D eigenvalue weighted by molar-refractivity contribution is 7.15. The van der Waals surface area contributed by atoms with Gasteiger partial charge in [-0.05, 0) is 56.3 Å². The number of ether oxygens (including phenoxy) is 1. The summed E-state index contributed by atoms with van der Waals surface area (Å²) in [5, 5.41) is 4.88. The summed E-state index contributed by atoms with van der Waals surface area (Å²) in [6, 6.07) is 12.6. The van der Waals surface area contributed by atoms with E-state index in [-0.39, 0.29) is 5.56 Å². The minimum atomic E-state index is -2.61. The Hall–Kier alpha value is -2.80. The van der Waals surface area contributed by atoms with Gasteiger partial charge < -0.3 is 4.74 Å². The zero-order valence-electron chi connectivity index (χ0n) is 15.0. The van der Waals surface area contributed by atoms with Gasteiger partial charge >= 0.3 is 0 Å². The van der Waals surface area contributed by atoms with Gasteiger partial charge in [-0.15, -0.1) is 11.3 Å². The summed E-state index contributed by atoms with van der Waals surface area (Å²) in [5.41, 5.74) is 2.18. The first kappa shape index (κ1) is 17.6. The molecule has 0 aliphatic rings. The van der Waals surface area contributed by atoms with Crippen molar-refractivity contribution in [3.63, 3.8) is 0 Å². The Morgan fingerprint density at radius 2 is 1.81 bits per heavy atom. The number of rotatable bonds is 4. The summed E-state index contributed by atoms with van der Waals surface area (Å²) in [6.07, 6.45) is -2.61. The molecule has 7 heteroatoms. The van der Waals surface area contributed by atoms with Crippen LogP contribution in [-0.4, -0.2) is 21.9 Å². The van der Waals surface area contributed by atoms with Gasteiger partial charge in [0.05, 0.1) is 34.4 Å². The van der Waals surface area contributed by atoms with Crippen LogP contribution in [0.25, 0.3) is 27.3 Å². The fourth-order valence-corrected chi connectivity index (χ4v) is 3.92. The predicted molar refractivity (Wildman–Crippen MR) is 103 cm³/mol. The summed E-state index contributed by atoms with van der Waals surface area (Å²) >= 11 is 1.53. The van der Waals surface area contributed by atoms with Crippen LogP contribution >= 0.6 is 11.3 Å². The van der Waals surface area contributed by atoms with Crippen LogP contribution in [0.1, 0.15) is 22.6 Å². The molecule has 4 aromatic rings. The fourth-order valence-electron chi connectivity index (χ4n) is 3.10. The van der Waals surface area contributed by atoms with Gasteiger partial charge in [0.25, 0.3) is 6.43 Å². The normalized spacial score (nSPS) is 11.5. The summed E-state index contributed by atoms with van der Waals surface area (Å²) in [4.78, 5) is 6.65. The first-order valence-electron chi connectivity index (χ1n) is 8.37. The van der Waals surface area contributed by atoms with Crippen LogP contribution in [0.15, 0.2) is 42.5 Å². The molecule has 4 nitrogen and oxygen atoms in total. The largest absolute Gasteiger partial charge is 0.497 e. The Morgan fingerprint density at radius 1 is 1.07 bits per heavy atom. The molecule has 0 N–H and O–H groups in total. The lowest BCUT2D eigenvalue weighted by molar-refractivity contribution is 0.153. The molecule has 0 unspecified atom stereocenters. The number of methoxy groups -OCH3 is 1. The molecule has 1 aromatic carbocycles. The number of thiophene rings is 1. The average Bonchev–Trinajstić information content (AvgIpc) is 3.25. The first-order chi connectivity index (χ1) is 13.0. The topological polar surface area (TPSA) is 39.9 Å². The number of hydrogen-bond donors (Lipinski definition) is 0. The minimum Gasteiger partial charge on any atom is -0.497 e. The van der Waals surface area contributed by atoms with E-state index in [1.807, 2.05) is 31.2 Å². The number of alkyl halides is 2. The summed E-state index contributed by atoms with van der Waals surface area (Å²) in [7, 11) is 1.59. The summed E-state index contributed by atoms with van der Waals surface area (Å²) in [6.45, 7) is 3.71. The highest BCUT2D eigenvalue weighted by atomic mass is 32.1. The molecule has 0 aliphatic heterocycles. The highest BCUT2D eigenvalue weighted by Gasteiger charge is 2.22. The van der Waals surface area contributed by atoms with Crippen LogP contribution in [0.5, 0.6) is 5.75 Å². The SMILES string of the molecule is COc1ccc(-n2nc(C)c3c(C(F)F)cc(-c4ccc(C)s4)nc32)cc1. The molecule has 3 heterocycles. The number of benzene rings is 1. The highest BCUT2D eigenvalue weighted by Crippen LogP contribution is 2.35. The molecule has 0 spiro atoms. The van der Waals surface area contributed by atoms with E-state index in [1.165, 1.54) is 17.4 Å². The van der Waals surface area contributed by atoms with E-state index in [9.17, 15) is 8.78 Å². The van der Waals surface area contributed by atoms with Crippen LogP contribution in [0.4, 0.5) is 8.78 Å². The van der Waals surface area contributed by atoms with Gasteiger partial charge in [0.1, 0.15) is 5.75 Å². The van der Waals surface area contributed by atoms with Gasteiger partial charge in [-0.25, -0.2) is 18.4 Å². The van der Waals surface area contributed by atoms with Crippen molar-refractivity contribution in [2.24, 2.45) is 0 Å². The Kier molecular flexibility index (Phi) is 4.39. The molecule has 0 fully saturated rings. The average molecular weight is 385 g/mol. The number of hydrogen-bond acceptors (Lipinski definition) is 4. The van der Waals surface area contributed by atoms with E-state index in [2.05, 4.69) is 10.1 Å². The molecule has 0 radical (unpaired) electrons. The van der Waals surface area contributed by atoms with Crippen LogP contribution in [0.2, 0.25) is 0 Å². The van der Waals surface area contributed by atoms with Crippen molar-refractivity contribution in [3.8, 4) is 22.0 Å². The Morgan fingerprint density at radius 3 is 2.41 bits per heavy atom. The van der Waals surface area contributed by atoms with Crippen LogP contribution in [0, 0.1) is 13.8 Å². The molecule has 3 aromatic heterocycles. The molecule has 138 valence electrons. The molecule has 0 atom stereocenters. The van der Waals surface area contributed by atoms with Gasteiger partial charge in [-0.3, -0.25) is 0 Å². The monoisotopic (exact) mass is 385 g/mol. The van der Waals surface area contributed by atoms with Gasteiger partial charge in [0, 0.05) is 10.4 Å². The maximum Gasteiger partial charge on any atom is 0.264 e. The maximum absolute atomic E-state index is 13.8. The standard InChI is InChI=1S/C20H17F2N3OS/c1-11-4-9-17(27-11)16-10-15(19(21)22)18-12(2)24-25(20(18)23-16)13-5-7-14(26-3)8-6-13/h4-10,19H,1-3H3. The second-order valence-electron chi connectivity index (χ2n) is 6.20. The lowest BCUT2D eigenvalue weighted by Crippen LogP contribution is -1.99. The fraction of sp³-hybridized carbons (Fsp3) is 0.200. The molecule has 27 heavy (non-hydrogen) atoms. The van der Waals surface area contributed by atoms with Crippen molar-refractivity contribution in [3.05, 3.63) is 58.6 Å². The number of aromatic nitrogens is 3. The smallest absolute Gasteiger partial charge is 0.264 e. The molecule has 0 aliphatic carbocycles. The second kappa shape index (κ2) is 6.74. The van der Waals surface area contributed by atoms with Crippen molar-refractivity contribution in [2.75, 3.05) is 7.11 Å². The Bertz CT molecular complexity index is 1120. The van der Waals surface area contributed by atoms with E-state index in [4.69, 9.17) is 4.74 Å². The van der Waals surface area contributed by atoms with Crippen molar-refractivity contribution in [1.82, 2.24) is 14.8 Å². The molecule has 0 bridgehead atoms. The number of aryl methyl sites for hydroxylation is 2. The molecule has 0 saturated heterocycles. The lowest BCUT2D eigenvalue weighted by atomic mass is 10.1. The Labute approximate surface area is 159 Å². The van der Waals surface area contributed by atoms with Crippen LogP contribution in [0.3, 0.4) is 0 Å². The number of nitrogens with zero attached hydrogens (tertiary/aromatic N) is 3. The van der Waals surface area contributed by atoms with E-state index < -0.39 is 6.43 Å². The van der Waals surface area contributed by atoms with Gasteiger partial charge in [-0.2, -0.15) is 5.10 Å². The second-order valence-corrected chi connectivity index (χ2v) is 7.49. The van der Waals surface area contributed by atoms with Crippen LogP contribution < -0.4 is 4.74 Å². The third-order valence-corrected chi connectivity index (χ3v) is 5.41. The van der Waals surface area contributed by atoms with E-state index in [1.54, 1.807) is 30.8 Å². The quantitative estimate of drug-likeness (QED) is 0.452. The zero-order chi connectivity index (χ0) is 19.1. The number of halogens is 2. The first-order valence-corrected chi connectivity index (χ1v) is 9.19. The van der Waals surface area contributed by atoms with Crippen molar-refractivity contribution in [1.29, 1.82) is 0 Å². The van der Waals surface area contributed by atoms with E-state index in [0.717, 1.165) is 15.4 Å². The molecule has 4 rings (SSSR count). The predicted octanol–water partition coefficient (Wildman–Crippen LogP) is 5.71. The minimum absolute atomic E-state index is 0.0432. The zero-order valence-corrected chi connectivity index (χ0v) is 15.8. The third-order valence-electron chi connectivity index (χ3n) is 4.39. The molecular formula is C20H17F2N3OS.